The lowest BCUT2D eigenvalue weighted by molar-refractivity contribution is -0.138. The topological polar surface area (TPSA) is 63.4 Å². The van der Waals surface area contributed by atoms with Gasteiger partial charge in [-0.15, -0.1) is 0 Å². The number of nitrogens with two attached hydrogens (primary N) is 1. The molecule has 1 fully saturated rings. The van der Waals surface area contributed by atoms with Crippen molar-refractivity contribution in [1.29, 1.82) is 0 Å². The largest absolute Gasteiger partial charge is 0.330 e. The molecule has 0 aliphatic carbocycles. The lowest BCUT2D eigenvalue weighted by Gasteiger charge is -2.17. The first kappa shape index (κ1) is 9.19. The first-order valence-corrected chi connectivity index (χ1v) is 4.18. The van der Waals surface area contributed by atoms with Crippen molar-refractivity contribution < 1.29 is 9.59 Å². The van der Waals surface area contributed by atoms with Gasteiger partial charge >= 0.3 is 0 Å². The number of carbonyl (C=O) groups excluding carboxylic acids is 2. The summed E-state index contributed by atoms with van der Waals surface area (Å²) in [6.07, 6.45) is 0.742. The van der Waals surface area contributed by atoms with Gasteiger partial charge in [-0.25, -0.2) is 0 Å². The fourth-order valence-corrected chi connectivity index (χ4v) is 1.21. The van der Waals surface area contributed by atoms with Gasteiger partial charge in [-0.05, 0) is 12.5 Å². The fourth-order valence-electron chi connectivity index (χ4n) is 1.21. The minimum Gasteiger partial charge on any atom is -0.330 e. The van der Waals surface area contributed by atoms with Gasteiger partial charge in [-0.2, -0.15) is 0 Å². The molecule has 1 heterocycles. The lowest BCUT2D eigenvalue weighted by Crippen LogP contribution is -2.35. The first-order valence-electron chi connectivity index (χ1n) is 4.18. The Balaban J connectivity index is 2.50. The first-order chi connectivity index (χ1) is 5.65. The highest BCUT2D eigenvalue weighted by atomic mass is 16.2. The van der Waals surface area contributed by atoms with E-state index >= 15 is 0 Å². The second kappa shape index (κ2) is 3.67. The van der Waals surface area contributed by atoms with Crippen LogP contribution in [0.3, 0.4) is 0 Å². The molecule has 4 heteroatoms. The maximum absolute atomic E-state index is 11.1. The highest BCUT2D eigenvalue weighted by molar-refractivity contribution is 6.01. The van der Waals surface area contributed by atoms with Crippen LogP contribution in [0.25, 0.3) is 0 Å². The number of rotatable bonds is 3. The van der Waals surface area contributed by atoms with Crippen molar-refractivity contribution in [2.75, 3.05) is 13.1 Å². The van der Waals surface area contributed by atoms with Crippen LogP contribution in [-0.4, -0.2) is 29.8 Å². The van der Waals surface area contributed by atoms with E-state index < -0.39 is 0 Å². The van der Waals surface area contributed by atoms with Crippen molar-refractivity contribution in [2.45, 2.75) is 19.8 Å². The molecule has 4 nitrogen and oxygen atoms in total. The third-order valence-corrected chi connectivity index (χ3v) is 2.05. The summed E-state index contributed by atoms with van der Waals surface area (Å²) in [6.45, 7) is 2.92. The molecule has 12 heavy (non-hydrogen) atoms. The molecule has 0 radical (unpaired) electrons. The van der Waals surface area contributed by atoms with E-state index in [9.17, 15) is 9.59 Å². The van der Waals surface area contributed by atoms with Crippen LogP contribution >= 0.6 is 0 Å². The zero-order valence-electron chi connectivity index (χ0n) is 7.25. The average Bonchev–Trinajstić information content (AvgIpc) is 2.35. The van der Waals surface area contributed by atoms with Gasteiger partial charge in [0.25, 0.3) is 0 Å². The molecule has 1 atom stereocenters. The highest BCUT2D eigenvalue weighted by Gasteiger charge is 2.29. The van der Waals surface area contributed by atoms with Gasteiger partial charge in [0.1, 0.15) is 0 Å². The van der Waals surface area contributed by atoms with Crippen molar-refractivity contribution in [3.8, 4) is 0 Å². The summed E-state index contributed by atoms with van der Waals surface area (Å²) in [6, 6.07) is 0. The van der Waals surface area contributed by atoms with E-state index in [1.165, 1.54) is 4.90 Å². The minimum absolute atomic E-state index is 0.0553. The molecular weight excluding hydrogens is 156 g/mol. The summed E-state index contributed by atoms with van der Waals surface area (Å²) >= 11 is 0. The molecule has 1 rings (SSSR count). The van der Waals surface area contributed by atoms with E-state index in [0.717, 1.165) is 0 Å². The van der Waals surface area contributed by atoms with Crippen molar-refractivity contribution in [1.82, 2.24) is 4.90 Å². The number of likely N-dealkylation sites (tertiary alicyclic amines) is 1. The predicted octanol–water partition coefficient (Wildman–Crippen LogP) is -0.270. The van der Waals surface area contributed by atoms with Crippen molar-refractivity contribution in [3.05, 3.63) is 0 Å². The number of hydrogen-bond donors (Lipinski definition) is 1. The molecule has 0 bridgehead atoms. The van der Waals surface area contributed by atoms with Gasteiger partial charge in [0.15, 0.2) is 0 Å². The van der Waals surface area contributed by atoms with Crippen LogP contribution in [0.15, 0.2) is 0 Å². The molecule has 0 saturated carbocycles. The molecule has 0 aromatic heterocycles. The predicted molar refractivity (Wildman–Crippen MR) is 44.2 cm³/mol. The Bertz CT molecular complexity index is 187. The number of carbonyl (C=O) groups is 2. The van der Waals surface area contributed by atoms with E-state index in [0.29, 0.717) is 25.9 Å². The third kappa shape index (κ3) is 1.82. The number of hydrogen-bond acceptors (Lipinski definition) is 3. The third-order valence-electron chi connectivity index (χ3n) is 2.05. The maximum Gasteiger partial charge on any atom is 0.229 e. The van der Waals surface area contributed by atoms with Crippen molar-refractivity contribution >= 4 is 11.8 Å². The molecule has 0 aromatic carbocycles. The molecule has 0 spiro atoms. The fraction of sp³-hybridized carbons (Fsp3) is 0.750. The second-order valence-corrected chi connectivity index (χ2v) is 3.24. The highest BCUT2D eigenvalue weighted by Crippen LogP contribution is 2.13. The van der Waals surface area contributed by atoms with E-state index in [2.05, 4.69) is 0 Å². The number of amides is 2. The number of nitrogens with zero attached hydrogens (tertiary/aromatic N) is 1. The van der Waals surface area contributed by atoms with E-state index in [1.807, 2.05) is 6.92 Å². The molecule has 1 aliphatic rings. The van der Waals surface area contributed by atoms with Crippen LogP contribution in [0.2, 0.25) is 0 Å². The maximum atomic E-state index is 11.1. The average molecular weight is 170 g/mol. The van der Waals surface area contributed by atoms with Crippen molar-refractivity contribution in [2.24, 2.45) is 11.7 Å². The van der Waals surface area contributed by atoms with Crippen LogP contribution in [-0.2, 0) is 9.59 Å². The standard InChI is InChI=1S/C8H14N2O2/c1-6(4-9)5-10-7(11)2-3-8(10)12/h6H,2-5,9H2,1H3. The SMILES string of the molecule is CC(CN)CN1C(=O)CCC1=O. The van der Waals surface area contributed by atoms with E-state index in [1.54, 1.807) is 0 Å². The Hall–Kier alpha value is -0.900. The summed E-state index contributed by atoms with van der Waals surface area (Å²) in [5.41, 5.74) is 5.39. The molecular formula is C8H14N2O2. The summed E-state index contributed by atoms with van der Waals surface area (Å²) in [7, 11) is 0. The molecule has 2 N–H and O–H groups in total. The van der Waals surface area contributed by atoms with Crippen LogP contribution in [0.1, 0.15) is 19.8 Å². The Morgan fingerprint density at radius 3 is 2.33 bits per heavy atom. The molecule has 1 saturated heterocycles. The van der Waals surface area contributed by atoms with Gasteiger partial charge in [0, 0.05) is 19.4 Å². The Morgan fingerprint density at radius 2 is 1.92 bits per heavy atom. The minimum atomic E-state index is -0.0553. The van der Waals surface area contributed by atoms with Crippen LogP contribution in [0.4, 0.5) is 0 Å². The lowest BCUT2D eigenvalue weighted by atomic mass is 10.2. The van der Waals surface area contributed by atoms with Crippen molar-refractivity contribution in [3.63, 3.8) is 0 Å². The van der Waals surface area contributed by atoms with Gasteiger partial charge in [-0.1, -0.05) is 6.92 Å². The monoisotopic (exact) mass is 170 g/mol. The summed E-state index contributed by atoms with van der Waals surface area (Å²) < 4.78 is 0. The summed E-state index contributed by atoms with van der Waals surface area (Å²) in [4.78, 5) is 23.5. The van der Waals surface area contributed by atoms with E-state index in [4.69, 9.17) is 5.73 Å². The molecule has 0 aromatic rings. The number of imide groups is 1. The van der Waals surface area contributed by atoms with Crippen LogP contribution < -0.4 is 5.73 Å². The van der Waals surface area contributed by atoms with Gasteiger partial charge in [0.2, 0.25) is 11.8 Å². The van der Waals surface area contributed by atoms with Gasteiger partial charge < -0.3 is 5.73 Å². The van der Waals surface area contributed by atoms with Gasteiger partial charge in [-0.3, -0.25) is 14.5 Å². The smallest absolute Gasteiger partial charge is 0.229 e. The van der Waals surface area contributed by atoms with Crippen LogP contribution in [0.5, 0.6) is 0 Å². The summed E-state index contributed by atoms with van der Waals surface area (Å²) in [5, 5.41) is 0. The quantitative estimate of drug-likeness (QED) is 0.593. The normalized spacial score (nSPS) is 20.3. The zero-order chi connectivity index (χ0) is 9.14. The van der Waals surface area contributed by atoms with Crippen LogP contribution in [0, 0.1) is 5.92 Å². The Labute approximate surface area is 71.7 Å². The molecule has 1 unspecified atom stereocenters. The van der Waals surface area contributed by atoms with E-state index in [-0.39, 0.29) is 17.7 Å². The zero-order valence-corrected chi connectivity index (χ0v) is 7.25. The Morgan fingerprint density at radius 1 is 1.42 bits per heavy atom. The molecule has 68 valence electrons. The Kier molecular flexibility index (Phi) is 2.81. The summed E-state index contributed by atoms with van der Waals surface area (Å²) in [5.74, 6) is 0.0941. The van der Waals surface area contributed by atoms with Gasteiger partial charge in [0.05, 0.1) is 0 Å². The second-order valence-electron chi connectivity index (χ2n) is 3.24. The molecule has 2 amide bonds. The molecule has 1 aliphatic heterocycles.